The first-order chi connectivity index (χ1) is 12.6. The van der Waals surface area contributed by atoms with Crippen LogP contribution in [0.3, 0.4) is 0 Å². The highest BCUT2D eigenvalue weighted by molar-refractivity contribution is 6.30. The van der Waals surface area contributed by atoms with Crippen molar-refractivity contribution in [1.29, 1.82) is 0 Å². The van der Waals surface area contributed by atoms with E-state index in [-0.39, 0.29) is 17.9 Å². The van der Waals surface area contributed by atoms with E-state index >= 15 is 0 Å². The van der Waals surface area contributed by atoms with Gasteiger partial charge in [0.1, 0.15) is 0 Å². The van der Waals surface area contributed by atoms with Gasteiger partial charge in [-0.15, -0.1) is 0 Å². The normalized spacial score (nSPS) is 16.9. The molecular weight excluding hydrogens is 348 g/mol. The first kappa shape index (κ1) is 16.6. The molecule has 130 valence electrons. The lowest BCUT2D eigenvalue weighted by atomic mass is 10.1. The van der Waals surface area contributed by atoms with Gasteiger partial charge < -0.3 is 10.2 Å². The van der Waals surface area contributed by atoms with Gasteiger partial charge in [0, 0.05) is 29.2 Å². The summed E-state index contributed by atoms with van der Waals surface area (Å²) in [5.74, 6) is -0.164. The third-order valence-electron chi connectivity index (χ3n) is 4.61. The molecule has 3 aromatic carbocycles. The van der Waals surface area contributed by atoms with Crippen LogP contribution in [0.15, 0.2) is 66.7 Å². The number of nitrogens with zero attached hydrogens (tertiary/aromatic N) is 1. The molecule has 1 saturated heterocycles. The zero-order chi connectivity index (χ0) is 18.1. The molecule has 1 fully saturated rings. The van der Waals surface area contributed by atoms with Crippen molar-refractivity contribution in [1.82, 2.24) is 5.32 Å². The van der Waals surface area contributed by atoms with Gasteiger partial charge in [0.15, 0.2) is 0 Å². The van der Waals surface area contributed by atoms with Gasteiger partial charge >= 0.3 is 0 Å². The highest BCUT2D eigenvalue weighted by Gasteiger charge is 2.31. The highest BCUT2D eigenvalue weighted by atomic mass is 35.5. The van der Waals surface area contributed by atoms with E-state index in [4.69, 9.17) is 11.6 Å². The van der Waals surface area contributed by atoms with Crippen molar-refractivity contribution in [3.63, 3.8) is 0 Å². The summed E-state index contributed by atoms with van der Waals surface area (Å²) < 4.78 is 0. The third kappa shape index (κ3) is 3.28. The van der Waals surface area contributed by atoms with E-state index in [1.54, 1.807) is 17.0 Å². The van der Waals surface area contributed by atoms with E-state index in [0.29, 0.717) is 23.6 Å². The van der Waals surface area contributed by atoms with Gasteiger partial charge in [0.2, 0.25) is 5.91 Å². The first-order valence-electron chi connectivity index (χ1n) is 8.46. The summed E-state index contributed by atoms with van der Waals surface area (Å²) in [6, 6.07) is 20.5. The number of hydrogen-bond acceptors (Lipinski definition) is 2. The third-order valence-corrected chi connectivity index (χ3v) is 4.86. The van der Waals surface area contributed by atoms with Crippen molar-refractivity contribution in [3.05, 3.63) is 77.3 Å². The van der Waals surface area contributed by atoms with E-state index in [1.807, 2.05) is 54.6 Å². The predicted octanol–water partition coefficient (Wildman–Crippen LogP) is 4.03. The molecule has 0 radical (unpaired) electrons. The number of carbonyl (C=O) groups excluding carboxylic acids is 2. The average Bonchev–Trinajstić information content (AvgIpc) is 3.02. The van der Waals surface area contributed by atoms with Crippen LogP contribution >= 0.6 is 11.6 Å². The van der Waals surface area contributed by atoms with Crippen molar-refractivity contribution in [3.8, 4) is 0 Å². The molecule has 0 bridgehead atoms. The summed E-state index contributed by atoms with van der Waals surface area (Å²) in [6.07, 6.45) is 0.294. The zero-order valence-corrected chi connectivity index (χ0v) is 14.7. The lowest BCUT2D eigenvalue weighted by Gasteiger charge is -2.17. The molecule has 3 aromatic rings. The molecule has 4 rings (SSSR count). The monoisotopic (exact) mass is 364 g/mol. The molecular formula is C21H17ClN2O2. The number of halogens is 1. The summed E-state index contributed by atoms with van der Waals surface area (Å²) in [5.41, 5.74) is 1.39. The van der Waals surface area contributed by atoms with Crippen LogP contribution in [0.1, 0.15) is 16.8 Å². The molecule has 1 aliphatic rings. The topological polar surface area (TPSA) is 49.4 Å². The molecule has 26 heavy (non-hydrogen) atoms. The Morgan fingerprint density at radius 2 is 1.73 bits per heavy atom. The largest absolute Gasteiger partial charge is 0.347 e. The Labute approximate surface area is 156 Å². The van der Waals surface area contributed by atoms with Crippen molar-refractivity contribution >= 4 is 39.9 Å². The standard InChI is InChI=1S/C21H17ClN2O2/c22-17-7-9-19(10-8-17)24-13-18(12-20(24)25)23-21(26)16-6-5-14-3-1-2-4-15(14)11-16/h1-11,18H,12-13H2,(H,23,26)/t18-/m1/s1. The minimum atomic E-state index is -0.211. The summed E-state index contributed by atoms with van der Waals surface area (Å²) in [5, 5.41) is 5.71. The van der Waals surface area contributed by atoms with Crippen LogP contribution in [0.2, 0.25) is 5.02 Å². The Hall–Kier alpha value is -2.85. The fourth-order valence-corrected chi connectivity index (χ4v) is 3.40. The number of nitrogens with one attached hydrogen (secondary N) is 1. The van der Waals surface area contributed by atoms with Crippen LogP contribution in [0.25, 0.3) is 10.8 Å². The fourth-order valence-electron chi connectivity index (χ4n) is 3.27. The number of amides is 2. The van der Waals surface area contributed by atoms with Crippen LogP contribution in [0.5, 0.6) is 0 Å². The van der Waals surface area contributed by atoms with Crippen LogP contribution < -0.4 is 10.2 Å². The molecule has 1 aliphatic heterocycles. The summed E-state index contributed by atoms with van der Waals surface area (Å²) >= 11 is 5.90. The van der Waals surface area contributed by atoms with E-state index in [9.17, 15) is 9.59 Å². The molecule has 0 aliphatic carbocycles. The smallest absolute Gasteiger partial charge is 0.251 e. The second-order valence-corrected chi connectivity index (χ2v) is 6.85. The van der Waals surface area contributed by atoms with Crippen LogP contribution in [0, 0.1) is 0 Å². The quantitative estimate of drug-likeness (QED) is 0.762. The molecule has 1 heterocycles. The number of fused-ring (bicyclic) bond motifs is 1. The molecule has 1 atom stereocenters. The first-order valence-corrected chi connectivity index (χ1v) is 8.83. The molecule has 2 amide bonds. The number of hydrogen-bond donors (Lipinski definition) is 1. The van der Waals surface area contributed by atoms with E-state index in [0.717, 1.165) is 16.5 Å². The van der Waals surface area contributed by atoms with Crippen molar-refractivity contribution in [2.75, 3.05) is 11.4 Å². The Kier molecular flexibility index (Phi) is 4.35. The minimum absolute atomic E-state index is 0.00358. The van der Waals surface area contributed by atoms with Crippen molar-refractivity contribution < 1.29 is 9.59 Å². The summed E-state index contributed by atoms with van der Waals surface area (Å²) in [7, 11) is 0. The summed E-state index contributed by atoms with van der Waals surface area (Å²) in [6.45, 7) is 0.458. The number of anilines is 1. The lowest BCUT2D eigenvalue weighted by molar-refractivity contribution is -0.117. The predicted molar refractivity (Wildman–Crippen MR) is 104 cm³/mol. The Balaban J connectivity index is 1.47. The van der Waals surface area contributed by atoms with Gasteiger partial charge in [0.25, 0.3) is 5.91 Å². The van der Waals surface area contributed by atoms with E-state index < -0.39 is 0 Å². The van der Waals surface area contributed by atoms with E-state index in [1.165, 1.54) is 0 Å². The Morgan fingerprint density at radius 1 is 1.00 bits per heavy atom. The number of rotatable bonds is 3. The molecule has 0 aromatic heterocycles. The Morgan fingerprint density at radius 3 is 2.50 bits per heavy atom. The van der Waals surface area contributed by atoms with Gasteiger partial charge in [0.05, 0.1) is 6.04 Å². The van der Waals surface area contributed by atoms with Crippen molar-refractivity contribution in [2.45, 2.75) is 12.5 Å². The SMILES string of the molecule is O=C(N[C@@H]1CC(=O)N(c2ccc(Cl)cc2)C1)c1ccc2ccccc2c1. The van der Waals surface area contributed by atoms with E-state index in [2.05, 4.69) is 5.32 Å². The molecule has 0 spiro atoms. The average molecular weight is 365 g/mol. The molecule has 5 heteroatoms. The van der Waals surface area contributed by atoms with Crippen LogP contribution in [-0.2, 0) is 4.79 Å². The molecule has 4 nitrogen and oxygen atoms in total. The maximum absolute atomic E-state index is 12.6. The Bertz CT molecular complexity index is 985. The fraction of sp³-hybridized carbons (Fsp3) is 0.143. The maximum Gasteiger partial charge on any atom is 0.251 e. The lowest BCUT2D eigenvalue weighted by Crippen LogP contribution is -2.37. The second-order valence-electron chi connectivity index (χ2n) is 6.42. The summed E-state index contributed by atoms with van der Waals surface area (Å²) in [4.78, 5) is 26.6. The van der Waals surface area contributed by atoms with Gasteiger partial charge in [-0.3, -0.25) is 9.59 Å². The van der Waals surface area contributed by atoms with Crippen LogP contribution in [0.4, 0.5) is 5.69 Å². The van der Waals surface area contributed by atoms with Gasteiger partial charge in [-0.2, -0.15) is 0 Å². The molecule has 0 saturated carbocycles. The maximum atomic E-state index is 12.6. The van der Waals surface area contributed by atoms with Crippen molar-refractivity contribution in [2.24, 2.45) is 0 Å². The minimum Gasteiger partial charge on any atom is -0.347 e. The number of benzene rings is 3. The van der Waals surface area contributed by atoms with Gasteiger partial charge in [-0.1, -0.05) is 41.9 Å². The molecule has 0 unspecified atom stereocenters. The van der Waals surface area contributed by atoms with Crippen LogP contribution in [-0.4, -0.2) is 24.4 Å². The molecule has 1 N–H and O–H groups in total. The zero-order valence-electron chi connectivity index (χ0n) is 14.0. The number of carbonyl (C=O) groups is 2. The highest BCUT2D eigenvalue weighted by Crippen LogP contribution is 2.24. The second kappa shape index (κ2) is 6.81. The van der Waals surface area contributed by atoms with Gasteiger partial charge in [-0.05, 0) is 47.2 Å². The van der Waals surface area contributed by atoms with Gasteiger partial charge in [-0.25, -0.2) is 0 Å².